The lowest BCUT2D eigenvalue weighted by molar-refractivity contribution is 0.277. The van der Waals surface area contributed by atoms with Crippen molar-refractivity contribution in [2.24, 2.45) is 11.7 Å². The molecular formula is C15H23BrN2O2. The number of methoxy groups -OCH3 is 1. The van der Waals surface area contributed by atoms with Crippen LogP contribution in [-0.4, -0.2) is 38.8 Å². The van der Waals surface area contributed by atoms with E-state index in [1.165, 1.54) is 5.56 Å². The average molecular weight is 343 g/mol. The summed E-state index contributed by atoms with van der Waals surface area (Å²) in [5, 5.41) is 0. The highest BCUT2D eigenvalue weighted by atomic mass is 79.9. The van der Waals surface area contributed by atoms with Gasteiger partial charge in [0.2, 0.25) is 0 Å². The summed E-state index contributed by atoms with van der Waals surface area (Å²) in [6.07, 6.45) is 1.05. The van der Waals surface area contributed by atoms with Crippen LogP contribution < -0.4 is 15.2 Å². The fraction of sp³-hybridized carbons (Fsp3) is 0.600. The smallest absolute Gasteiger partial charge is 0.167 e. The van der Waals surface area contributed by atoms with Crippen molar-refractivity contribution in [1.82, 2.24) is 4.90 Å². The summed E-state index contributed by atoms with van der Waals surface area (Å²) in [6.45, 7) is 4.37. The fourth-order valence-electron chi connectivity index (χ4n) is 2.93. The molecule has 0 bridgehead atoms. The molecule has 1 aromatic carbocycles. The Morgan fingerprint density at radius 1 is 1.45 bits per heavy atom. The van der Waals surface area contributed by atoms with E-state index in [0.717, 1.165) is 35.5 Å². The van der Waals surface area contributed by atoms with Gasteiger partial charge in [-0.1, -0.05) is 15.9 Å². The maximum Gasteiger partial charge on any atom is 0.167 e. The summed E-state index contributed by atoms with van der Waals surface area (Å²) in [5.41, 5.74) is 7.00. The number of hydrogen-bond donors (Lipinski definition) is 1. The van der Waals surface area contributed by atoms with E-state index in [9.17, 15) is 0 Å². The van der Waals surface area contributed by atoms with Crippen molar-refractivity contribution in [3.8, 4) is 11.5 Å². The first-order chi connectivity index (χ1) is 9.62. The lowest BCUT2D eigenvalue weighted by Crippen LogP contribution is -2.21. The molecular weight excluding hydrogens is 320 g/mol. The van der Waals surface area contributed by atoms with E-state index < -0.39 is 0 Å². The quantitative estimate of drug-likeness (QED) is 0.893. The van der Waals surface area contributed by atoms with E-state index in [-0.39, 0.29) is 0 Å². The number of halogens is 1. The molecule has 2 rings (SSSR count). The van der Waals surface area contributed by atoms with Crippen molar-refractivity contribution in [2.75, 3.05) is 33.9 Å². The second-order valence-electron chi connectivity index (χ2n) is 5.22. The molecule has 1 saturated heterocycles. The van der Waals surface area contributed by atoms with Crippen molar-refractivity contribution in [3.05, 3.63) is 22.2 Å². The van der Waals surface area contributed by atoms with Crippen molar-refractivity contribution in [3.63, 3.8) is 0 Å². The summed E-state index contributed by atoms with van der Waals surface area (Å²) in [4.78, 5) is 2.35. The molecule has 1 fully saturated rings. The minimum atomic E-state index is 0.314. The van der Waals surface area contributed by atoms with Gasteiger partial charge in [0, 0.05) is 22.6 Å². The van der Waals surface area contributed by atoms with Gasteiger partial charge in [-0.15, -0.1) is 0 Å². The Morgan fingerprint density at radius 2 is 2.20 bits per heavy atom. The molecule has 2 N–H and O–H groups in total. The van der Waals surface area contributed by atoms with Gasteiger partial charge in [-0.25, -0.2) is 0 Å². The van der Waals surface area contributed by atoms with Gasteiger partial charge in [0.05, 0.1) is 13.7 Å². The van der Waals surface area contributed by atoms with Crippen LogP contribution in [0.15, 0.2) is 16.6 Å². The van der Waals surface area contributed by atoms with Crippen LogP contribution in [0.4, 0.5) is 0 Å². The molecule has 1 heterocycles. The van der Waals surface area contributed by atoms with Crippen LogP contribution in [-0.2, 0) is 0 Å². The minimum Gasteiger partial charge on any atom is -0.493 e. The zero-order valence-electron chi connectivity index (χ0n) is 12.4. The summed E-state index contributed by atoms with van der Waals surface area (Å²) in [5.74, 6) is 2.17. The Morgan fingerprint density at radius 3 is 2.75 bits per heavy atom. The lowest BCUT2D eigenvalue weighted by atomic mass is 9.98. The monoisotopic (exact) mass is 342 g/mol. The SMILES string of the molecule is CCOc1c(OC)ccc(Br)c1C1CC(CN)CN1C. The molecule has 2 atom stereocenters. The predicted octanol–water partition coefficient (Wildman–Crippen LogP) is 2.81. The minimum absolute atomic E-state index is 0.314. The molecule has 4 nitrogen and oxygen atoms in total. The standard InChI is InChI=1S/C15H23BrN2O2/c1-4-20-15-13(19-3)6-5-11(16)14(15)12-7-10(8-17)9-18(12)2/h5-6,10,12H,4,7-9,17H2,1-3H3. The molecule has 0 spiro atoms. The van der Waals surface area contributed by atoms with Gasteiger partial charge in [0.15, 0.2) is 11.5 Å². The average Bonchev–Trinajstić information content (AvgIpc) is 2.81. The summed E-state index contributed by atoms with van der Waals surface area (Å²) >= 11 is 3.67. The molecule has 5 heteroatoms. The molecule has 2 unspecified atom stereocenters. The predicted molar refractivity (Wildman–Crippen MR) is 84.4 cm³/mol. The topological polar surface area (TPSA) is 47.7 Å². The summed E-state index contributed by atoms with van der Waals surface area (Å²) in [7, 11) is 3.82. The highest BCUT2D eigenvalue weighted by molar-refractivity contribution is 9.10. The van der Waals surface area contributed by atoms with Crippen LogP contribution in [0.25, 0.3) is 0 Å². The second-order valence-corrected chi connectivity index (χ2v) is 6.07. The van der Waals surface area contributed by atoms with Gasteiger partial charge in [-0.05, 0) is 45.0 Å². The van der Waals surface area contributed by atoms with Gasteiger partial charge in [-0.2, -0.15) is 0 Å². The molecule has 1 aliphatic rings. The maximum atomic E-state index is 5.86. The largest absolute Gasteiger partial charge is 0.493 e. The first-order valence-electron chi connectivity index (χ1n) is 7.01. The Kier molecular flexibility index (Phi) is 5.29. The summed E-state index contributed by atoms with van der Waals surface area (Å²) in [6, 6.07) is 4.28. The van der Waals surface area contributed by atoms with Crippen LogP contribution in [0.1, 0.15) is 24.9 Å². The molecule has 0 radical (unpaired) electrons. The number of benzene rings is 1. The molecule has 0 amide bonds. The normalized spacial score (nSPS) is 23.1. The third-order valence-electron chi connectivity index (χ3n) is 3.92. The van der Waals surface area contributed by atoms with Gasteiger partial charge in [0.1, 0.15) is 0 Å². The molecule has 20 heavy (non-hydrogen) atoms. The molecule has 0 saturated carbocycles. The van der Waals surface area contributed by atoms with Gasteiger partial charge in [0.25, 0.3) is 0 Å². The van der Waals surface area contributed by atoms with Gasteiger partial charge >= 0.3 is 0 Å². The number of nitrogens with zero attached hydrogens (tertiary/aromatic N) is 1. The van der Waals surface area contributed by atoms with Crippen molar-refractivity contribution >= 4 is 15.9 Å². The number of hydrogen-bond acceptors (Lipinski definition) is 4. The first kappa shape index (κ1) is 15.6. The Balaban J connectivity index is 2.44. The number of nitrogens with two attached hydrogens (primary N) is 1. The van der Waals surface area contributed by atoms with Crippen molar-refractivity contribution < 1.29 is 9.47 Å². The number of rotatable bonds is 5. The van der Waals surface area contributed by atoms with Crippen LogP contribution in [0.2, 0.25) is 0 Å². The molecule has 112 valence electrons. The van der Waals surface area contributed by atoms with Crippen molar-refractivity contribution in [2.45, 2.75) is 19.4 Å². The molecule has 0 aliphatic carbocycles. The van der Waals surface area contributed by atoms with Crippen LogP contribution in [0, 0.1) is 5.92 Å². The third-order valence-corrected chi connectivity index (χ3v) is 4.61. The highest BCUT2D eigenvalue weighted by Gasteiger charge is 2.34. The van der Waals surface area contributed by atoms with Gasteiger partial charge in [-0.3, -0.25) is 4.90 Å². The fourth-order valence-corrected chi connectivity index (χ4v) is 3.51. The van der Waals surface area contributed by atoms with Crippen molar-refractivity contribution in [1.29, 1.82) is 0 Å². The van der Waals surface area contributed by atoms with Gasteiger partial charge < -0.3 is 15.2 Å². The van der Waals surface area contributed by atoms with E-state index in [2.05, 4.69) is 27.9 Å². The van der Waals surface area contributed by atoms with E-state index in [1.807, 2.05) is 19.1 Å². The third kappa shape index (κ3) is 2.95. The Labute approximate surface area is 129 Å². The second kappa shape index (κ2) is 6.78. The highest BCUT2D eigenvalue weighted by Crippen LogP contribution is 2.46. The lowest BCUT2D eigenvalue weighted by Gasteiger charge is -2.24. The van der Waals surface area contributed by atoms with E-state index >= 15 is 0 Å². The Hall–Kier alpha value is -0.780. The zero-order valence-corrected chi connectivity index (χ0v) is 13.9. The van der Waals surface area contributed by atoms with Crippen LogP contribution in [0.5, 0.6) is 11.5 Å². The van der Waals surface area contributed by atoms with E-state index in [1.54, 1.807) is 7.11 Å². The molecule has 1 aromatic rings. The number of ether oxygens (including phenoxy) is 2. The number of likely N-dealkylation sites (tertiary alicyclic amines) is 1. The maximum absolute atomic E-state index is 5.86. The van der Waals surface area contributed by atoms with Crippen LogP contribution in [0.3, 0.4) is 0 Å². The van der Waals surface area contributed by atoms with E-state index in [4.69, 9.17) is 15.2 Å². The first-order valence-corrected chi connectivity index (χ1v) is 7.81. The molecule has 0 aromatic heterocycles. The Bertz CT molecular complexity index is 467. The summed E-state index contributed by atoms with van der Waals surface area (Å²) < 4.78 is 12.4. The van der Waals surface area contributed by atoms with Crippen LogP contribution >= 0.6 is 15.9 Å². The zero-order chi connectivity index (χ0) is 14.7. The van der Waals surface area contributed by atoms with E-state index in [0.29, 0.717) is 18.6 Å². The molecule has 1 aliphatic heterocycles.